The van der Waals surface area contributed by atoms with E-state index in [1.165, 1.54) is 0 Å². The first kappa shape index (κ1) is 15.2. The molecule has 0 radical (unpaired) electrons. The summed E-state index contributed by atoms with van der Waals surface area (Å²) in [6, 6.07) is 9.82. The van der Waals surface area contributed by atoms with Crippen molar-refractivity contribution in [3.63, 3.8) is 0 Å². The fourth-order valence-electron chi connectivity index (χ4n) is 1.78. The predicted molar refractivity (Wildman–Crippen MR) is 73.4 cm³/mol. The zero-order chi connectivity index (χ0) is 14.1. The van der Waals surface area contributed by atoms with Crippen LogP contribution in [0, 0.1) is 0 Å². The SMILES string of the molecule is CCOC(=O)CCC(=O)N(CC)Cc1ccccc1. The zero-order valence-corrected chi connectivity index (χ0v) is 11.6. The maximum atomic E-state index is 12.0. The molecular formula is C15H21NO3. The number of benzene rings is 1. The number of hydrogen-bond donors (Lipinski definition) is 0. The molecule has 0 atom stereocenters. The first-order chi connectivity index (χ1) is 9.17. The number of carbonyl (C=O) groups excluding carboxylic acids is 2. The fourth-order valence-corrected chi connectivity index (χ4v) is 1.78. The van der Waals surface area contributed by atoms with Crippen LogP contribution in [-0.2, 0) is 20.9 Å². The van der Waals surface area contributed by atoms with Gasteiger partial charge in [-0.1, -0.05) is 30.3 Å². The summed E-state index contributed by atoms with van der Waals surface area (Å²) in [5.41, 5.74) is 1.09. The highest BCUT2D eigenvalue weighted by molar-refractivity contribution is 5.81. The van der Waals surface area contributed by atoms with Gasteiger partial charge < -0.3 is 9.64 Å². The van der Waals surface area contributed by atoms with Crippen LogP contribution in [-0.4, -0.2) is 29.9 Å². The standard InChI is InChI=1S/C15H21NO3/c1-3-16(12-13-8-6-5-7-9-13)14(17)10-11-15(18)19-4-2/h5-9H,3-4,10-12H2,1-2H3. The lowest BCUT2D eigenvalue weighted by molar-refractivity contribution is -0.145. The van der Waals surface area contributed by atoms with Gasteiger partial charge in [0.25, 0.3) is 0 Å². The molecule has 4 heteroatoms. The summed E-state index contributed by atoms with van der Waals surface area (Å²) in [7, 11) is 0. The molecule has 1 aromatic rings. The number of nitrogens with zero attached hydrogens (tertiary/aromatic N) is 1. The number of hydrogen-bond acceptors (Lipinski definition) is 3. The first-order valence-electron chi connectivity index (χ1n) is 6.64. The number of ether oxygens (including phenoxy) is 1. The minimum Gasteiger partial charge on any atom is -0.466 e. The van der Waals surface area contributed by atoms with Crippen molar-refractivity contribution >= 4 is 11.9 Å². The second kappa shape index (κ2) is 8.29. The Kier molecular flexibility index (Phi) is 6.64. The normalized spacial score (nSPS) is 10.0. The Labute approximate surface area is 114 Å². The second-order valence-corrected chi connectivity index (χ2v) is 4.20. The molecule has 19 heavy (non-hydrogen) atoms. The maximum absolute atomic E-state index is 12.0. The smallest absolute Gasteiger partial charge is 0.306 e. The van der Waals surface area contributed by atoms with Crippen LogP contribution in [0.1, 0.15) is 32.3 Å². The lowest BCUT2D eigenvalue weighted by Gasteiger charge is -2.20. The van der Waals surface area contributed by atoms with Gasteiger partial charge in [-0.25, -0.2) is 0 Å². The molecule has 1 rings (SSSR count). The van der Waals surface area contributed by atoms with E-state index in [0.29, 0.717) is 19.7 Å². The molecule has 0 unspecified atom stereocenters. The Hall–Kier alpha value is -1.84. The molecule has 0 N–H and O–H groups in total. The summed E-state index contributed by atoms with van der Waals surface area (Å²) in [5, 5.41) is 0. The largest absolute Gasteiger partial charge is 0.466 e. The van der Waals surface area contributed by atoms with E-state index in [-0.39, 0.29) is 24.7 Å². The van der Waals surface area contributed by atoms with Crippen molar-refractivity contribution < 1.29 is 14.3 Å². The van der Waals surface area contributed by atoms with E-state index in [2.05, 4.69) is 0 Å². The molecule has 0 fully saturated rings. The quantitative estimate of drug-likeness (QED) is 0.710. The Bertz CT molecular complexity index is 403. The molecule has 0 saturated heterocycles. The number of rotatable bonds is 7. The van der Waals surface area contributed by atoms with Crippen molar-refractivity contribution in [2.75, 3.05) is 13.2 Å². The van der Waals surface area contributed by atoms with Crippen LogP contribution in [0.25, 0.3) is 0 Å². The third-order valence-corrected chi connectivity index (χ3v) is 2.80. The van der Waals surface area contributed by atoms with E-state index in [0.717, 1.165) is 5.56 Å². The minimum atomic E-state index is -0.313. The number of carbonyl (C=O) groups is 2. The van der Waals surface area contributed by atoms with Crippen molar-refractivity contribution in [2.45, 2.75) is 33.2 Å². The molecule has 0 heterocycles. The Morgan fingerprint density at radius 3 is 2.37 bits per heavy atom. The summed E-state index contributed by atoms with van der Waals surface area (Å²) < 4.78 is 4.81. The van der Waals surface area contributed by atoms with Gasteiger partial charge in [0, 0.05) is 19.5 Å². The molecular weight excluding hydrogens is 242 g/mol. The molecule has 1 amide bonds. The third-order valence-electron chi connectivity index (χ3n) is 2.80. The number of esters is 1. The van der Waals surface area contributed by atoms with Gasteiger partial charge in [-0.15, -0.1) is 0 Å². The lowest BCUT2D eigenvalue weighted by Crippen LogP contribution is -2.30. The first-order valence-corrected chi connectivity index (χ1v) is 6.64. The van der Waals surface area contributed by atoms with Crippen LogP contribution in [0.5, 0.6) is 0 Å². The van der Waals surface area contributed by atoms with Gasteiger partial charge in [0.05, 0.1) is 13.0 Å². The second-order valence-electron chi connectivity index (χ2n) is 4.20. The van der Waals surface area contributed by atoms with Crippen LogP contribution < -0.4 is 0 Å². The van der Waals surface area contributed by atoms with Crippen molar-refractivity contribution in [2.24, 2.45) is 0 Å². The molecule has 1 aromatic carbocycles. The van der Waals surface area contributed by atoms with Crippen molar-refractivity contribution in [1.82, 2.24) is 4.90 Å². The van der Waals surface area contributed by atoms with Gasteiger partial charge in [0.2, 0.25) is 5.91 Å². The fraction of sp³-hybridized carbons (Fsp3) is 0.467. The van der Waals surface area contributed by atoms with Crippen LogP contribution in [0.4, 0.5) is 0 Å². The summed E-state index contributed by atoms with van der Waals surface area (Å²) in [4.78, 5) is 25.0. The highest BCUT2D eigenvalue weighted by Gasteiger charge is 2.14. The van der Waals surface area contributed by atoms with Gasteiger partial charge in [0.1, 0.15) is 0 Å². The van der Waals surface area contributed by atoms with Gasteiger partial charge in [-0.2, -0.15) is 0 Å². The molecule has 4 nitrogen and oxygen atoms in total. The van der Waals surface area contributed by atoms with Gasteiger partial charge >= 0.3 is 5.97 Å². The average molecular weight is 263 g/mol. The molecule has 0 aliphatic rings. The molecule has 0 saturated carbocycles. The Balaban J connectivity index is 2.46. The average Bonchev–Trinajstić information content (AvgIpc) is 2.43. The summed E-state index contributed by atoms with van der Waals surface area (Å²) in [6.07, 6.45) is 0.359. The van der Waals surface area contributed by atoms with E-state index in [4.69, 9.17) is 4.74 Å². The van der Waals surface area contributed by atoms with E-state index in [1.807, 2.05) is 37.3 Å². The minimum absolute atomic E-state index is 0.0144. The topological polar surface area (TPSA) is 46.6 Å². The van der Waals surface area contributed by atoms with Gasteiger partial charge in [-0.05, 0) is 19.4 Å². The molecule has 0 aromatic heterocycles. The summed E-state index contributed by atoms with van der Waals surface area (Å²) >= 11 is 0. The highest BCUT2D eigenvalue weighted by atomic mass is 16.5. The Morgan fingerprint density at radius 2 is 1.79 bits per heavy atom. The van der Waals surface area contributed by atoms with Crippen molar-refractivity contribution in [3.8, 4) is 0 Å². The molecule has 0 aliphatic carbocycles. The van der Waals surface area contributed by atoms with Crippen LogP contribution in [0.15, 0.2) is 30.3 Å². The van der Waals surface area contributed by atoms with E-state index in [1.54, 1.807) is 11.8 Å². The zero-order valence-electron chi connectivity index (χ0n) is 11.6. The van der Waals surface area contributed by atoms with E-state index in [9.17, 15) is 9.59 Å². The molecule has 0 spiro atoms. The predicted octanol–water partition coefficient (Wildman–Crippen LogP) is 2.38. The number of amides is 1. The molecule has 0 aliphatic heterocycles. The lowest BCUT2D eigenvalue weighted by atomic mass is 10.2. The van der Waals surface area contributed by atoms with E-state index >= 15 is 0 Å². The van der Waals surface area contributed by atoms with Crippen LogP contribution >= 0.6 is 0 Å². The Morgan fingerprint density at radius 1 is 1.11 bits per heavy atom. The van der Waals surface area contributed by atoms with Gasteiger partial charge in [0.15, 0.2) is 0 Å². The molecule has 0 bridgehead atoms. The highest BCUT2D eigenvalue weighted by Crippen LogP contribution is 2.07. The van der Waals surface area contributed by atoms with Gasteiger partial charge in [-0.3, -0.25) is 9.59 Å². The summed E-state index contributed by atoms with van der Waals surface area (Å²) in [6.45, 7) is 5.27. The van der Waals surface area contributed by atoms with Crippen molar-refractivity contribution in [1.29, 1.82) is 0 Å². The van der Waals surface area contributed by atoms with Crippen LogP contribution in [0.2, 0.25) is 0 Å². The molecule has 104 valence electrons. The van der Waals surface area contributed by atoms with Crippen LogP contribution in [0.3, 0.4) is 0 Å². The van der Waals surface area contributed by atoms with Crippen molar-refractivity contribution in [3.05, 3.63) is 35.9 Å². The van der Waals surface area contributed by atoms with E-state index < -0.39 is 0 Å². The summed E-state index contributed by atoms with van der Waals surface area (Å²) in [5.74, 6) is -0.328. The monoisotopic (exact) mass is 263 g/mol. The maximum Gasteiger partial charge on any atom is 0.306 e. The third kappa shape index (κ3) is 5.55.